The van der Waals surface area contributed by atoms with E-state index in [1.54, 1.807) is 14.7 Å². The SMILES string of the molecule is C[C@H]1[C@H]([Si](C)(C)O)[C@@H](CC(=O)N2CCC[C@H]2CO)O[C@]12C(=O)N(Cc1cccc(N3CCC3=O)c1)c1ccccc12. The quantitative estimate of drug-likeness (QED) is 0.387. The molecule has 4 heterocycles. The molecule has 4 aliphatic heterocycles. The van der Waals surface area contributed by atoms with E-state index in [-0.39, 0.29) is 48.3 Å². The Bertz CT molecular complexity index is 1380. The molecule has 3 saturated heterocycles. The standard InChI is InChI=1S/C31H39N3O6Si/c1-20-29(41(2,3)39)26(17-28(37)32-14-7-10-23(32)19-35)40-31(20)24-11-4-5-12-25(24)34(30(31)38)18-21-8-6-9-22(16-21)33-15-13-27(33)36/h4-6,8-9,11-12,16,20,23,26,29,35,39H,7,10,13-15,17-19H2,1-3H3/t20-,23-,26+,29-,31+/m0/s1. The van der Waals surface area contributed by atoms with Gasteiger partial charge in [0.15, 0.2) is 13.9 Å². The van der Waals surface area contributed by atoms with Gasteiger partial charge < -0.3 is 29.3 Å². The summed E-state index contributed by atoms with van der Waals surface area (Å²) in [5.41, 5.74) is 1.59. The number of fused-ring (bicyclic) bond motifs is 2. The van der Waals surface area contributed by atoms with Gasteiger partial charge in [0.25, 0.3) is 5.91 Å². The Kier molecular flexibility index (Phi) is 7.08. The summed E-state index contributed by atoms with van der Waals surface area (Å²) in [5, 5.41) is 9.78. The zero-order valence-electron chi connectivity index (χ0n) is 24.0. The highest BCUT2D eigenvalue weighted by Crippen LogP contribution is 2.59. The van der Waals surface area contributed by atoms with Crippen molar-refractivity contribution in [3.8, 4) is 0 Å². The molecule has 10 heteroatoms. The molecular weight excluding hydrogens is 538 g/mol. The number of β-lactam (4-membered cyclic amide) rings is 1. The zero-order valence-corrected chi connectivity index (χ0v) is 25.0. The van der Waals surface area contributed by atoms with Gasteiger partial charge in [0.1, 0.15) is 0 Å². The van der Waals surface area contributed by atoms with Crippen molar-refractivity contribution in [2.75, 3.05) is 29.5 Å². The molecule has 41 heavy (non-hydrogen) atoms. The van der Waals surface area contributed by atoms with E-state index in [1.165, 1.54) is 0 Å². The van der Waals surface area contributed by atoms with Crippen molar-refractivity contribution < 1.29 is 29.0 Å². The average Bonchev–Trinajstić information content (AvgIpc) is 3.59. The number of ether oxygens (including phenoxy) is 1. The molecule has 2 aromatic rings. The summed E-state index contributed by atoms with van der Waals surface area (Å²) in [6, 6.07) is 15.2. The van der Waals surface area contributed by atoms with Gasteiger partial charge in [-0.3, -0.25) is 14.4 Å². The van der Waals surface area contributed by atoms with Crippen LogP contribution in [0.3, 0.4) is 0 Å². The Balaban J connectivity index is 1.33. The summed E-state index contributed by atoms with van der Waals surface area (Å²) < 4.78 is 6.79. The van der Waals surface area contributed by atoms with E-state index in [0.29, 0.717) is 26.1 Å². The first-order chi connectivity index (χ1) is 19.6. The summed E-state index contributed by atoms with van der Waals surface area (Å²) in [6.07, 6.45) is 1.60. The van der Waals surface area contributed by atoms with Crippen LogP contribution in [0, 0.1) is 5.92 Å². The van der Waals surface area contributed by atoms with Crippen molar-refractivity contribution in [2.24, 2.45) is 5.92 Å². The molecule has 0 unspecified atom stereocenters. The lowest BCUT2D eigenvalue weighted by Gasteiger charge is -2.33. The number of rotatable bonds is 7. The first-order valence-electron chi connectivity index (χ1n) is 14.7. The zero-order chi connectivity index (χ0) is 29.1. The number of anilines is 2. The van der Waals surface area contributed by atoms with Gasteiger partial charge in [0.2, 0.25) is 11.8 Å². The van der Waals surface area contributed by atoms with Crippen molar-refractivity contribution in [1.29, 1.82) is 0 Å². The Morgan fingerprint density at radius 3 is 2.59 bits per heavy atom. The minimum absolute atomic E-state index is 0.0611. The molecule has 6 rings (SSSR count). The molecule has 2 N–H and O–H groups in total. The van der Waals surface area contributed by atoms with Gasteiger partial charge in [-0.2, -0.15) is 0 Å². The van der Waals surface area contributed by atoms with Crippen molar-refractivity contribution in [3.63, 3.8) is 0 Å². The lowest BCUT2D eigenvalue weighted by Crippen LogP contribution is -2.46. The second kappa shape index (κ2) is 10.3. The van der Waals surface area contributed by atoms with Crippen molar-refractivity contribution in [3.05, 3.63) is 59.7 Å². The van der Waals surface area contributed by atoms with E-state index in [1.807, 2.05) is 68.5 Å². The topological polar surface area (TPSA) is 111 Å². The van der Waals surface area contributed by atoms with Gasteiger partial charge >= 0.3 is 0 Å². The van der Waals surface area contributed by atoms with E-state index >= 15 is 0 Å². The molecule has 3 amide bonds. The molecule has 3 fully saturated rings. The number of benzene rings is 2. The van der Waals surface area contributed by atoms with Crippen LogP contribution in [0.2, 0.25) is 18.6 Å². The van der Waals surface area contributed by atoms with Crippen LogP contribution in [-0.4, -0.2) is 72.7 Å². The third-order valence-corrected chi connectivity index (χ3v) is 12.1. The van der Waals surface area contributed by atoms with E-state index < -0.39 is 20.0 Å². The number of amides is 3. The minimum atomic E-state index is -2.90. The largest absolute Gasteiger partial charge is 0.432 e. The summed E-state index contributed by atoms with van der Waals surface area (Å²) in [6.45, 7) is 7.21. The number of hydrogen-bond donors (Lipinski definition) is 2. The maximum atomic E-state index is 14.5. The highest BCUT2D eigenvalue weighted by Gasteiger charge is 2.66. The summed E-state index contributed by atoms with van der Waals surface area (Å²) in [7, 11) is -2.90. The van der Waals surface area contributed by atoms with Crippen molar-refractivity contribution >= 4 is 37.4 Å². The Hall–Kier alpha value is -3.05. The van der Waals surface area contributed by atoms with Gasteiger partial charge in [0.05, 0.1) is 37.4 Å². The first kappa shape index (κ1) is 28.1. The maximum absolute atomic E-state index is 14.5. The third kappa shape index (κ3) is 4.52. The Morgan fingerprint density at radius 2 is 1.90 bits per heavy atom. The lowest BCUT2D eigenvalue weighted by atomic mass is 9.82. The smallest absolute Gasteiger partial charge is 0.264 e. The van der Waals surface area contributed by atoms with Crippen molar-refractivity contribution in [1.82, 2.24) is 4.90 Å². The molecular formula is C31H39N3O6Si. The van der Waals surface area contributed by atoms with Gasteiger partial charge in [-0.15, -0.1) is 0 Å². The molecule has 0 bridgehead atoms. The summed E-state index contributed by atoms with van der Waals surface area (Å²) >= 11 is 0. The van der Waals surface area contributed by atoms with Crippen LogP contribution in [-0.2, 0) is 31.3 Å². The number of carbonyl (C=O) groups excluding carboxylic acids is 3. The van der Waals surface area contributed by atoms with Crippen molar-refractivity contribution in [2.45, 2.75) is 75.5 Å². The molecule has 0 aromatic heterocycles. The van der Waals surface area contributed by atoms with Gasteiger partial charge in [-0.25, -0.2) is 0 Å². The molecule has 0 radical (unpaired) electrons. The molecule has 0 aliphatic carbocycles. The van der Waals surface area contributed by atoms with Crippen LogP contribution < -0.4 is 9.80 Å². The third-order valence-electron chi connectivity index (χ3n) is 9.59. The second-order valence-electron chi connectivity index (χ2n) is 12.5. The van der Waals surface area contributed by atoms with Crippen LogP contribution >= 0.6 is 0 Å². The minimum Gasteiger partial charge on any atom is -0.432 e. The number of para-hydroxylation sites is 1. The molecule has 1 spiro atoms. The normalized spacial score (nSPS) is 29.4. The number of aliphatic hydroxyl groups is 1. The predicted octanol–water partition coefficient (Wildman–Crippen LogP) is 3.14. The fourth-order valence-corrected chi connectivity index (χ4v) is 10.2. The molecule has 0 saturated carbocycles. The summed E-state index contributed by atoms with van der Waals surface area (Å²) in [4.78, 5) is 56.8. The van der Waals surface area contributed by atoms with E-state index in [4.69, 9.17) is 4.74 Å². The first-order valence-corrected chi connectivity index (χ1v) is 17.7. The molecule has 218 valence electrons. The molecule has 2 aromatic carbocycles. The fourth-order valence-electron chi connectivity index (χ4n) is 7.63. The Morgan fingerprint density at radius 1 is 1.12 bits per heavy atom. The van der Waals surface area contributed by atoms with Gasteiger partial charge in [-0.05, 0) is 49.7 Å². The van der Waals surface area contributed by atoms with Crippen LogP contribution in [0.15, 0.2) is 48.5 Å². The van der Waals surface area contributed by atoms with Crippen LogP contribution in [0.4, 0.5) is 11.4 Å². The van der Waals surface area contributed by atoms with Gasteiger partial charge in [-0.1, -0.05) is 37.3 Å². The van der Waals surface area contributed by atoms with Gasteiger partial charge in [0, 0.05) is 42.2 Å². The number of hydrogen-bond acceptors (Lipinski definition) is 6. The highest BCUT2D eigenvalue weighted by atomic mass is 28.4. The van der Waals surface area contributed by atoms with E-state index in [2.05, 4.69) is 0 Å². The van der Waals surface area contributed by atoms with E-state index in [0.717, 1.165) is 35.3 Å². The molecule has 5 atom stereocenters. The monoisotopic (exact) mass is 577 g/mol. The van der Waals surface area contributed by atoms with E-state index in [9.17, 15) is 24.3 Å². The Labute approximate surface area is 241 Å². The summed E-state index contributed by atoms with van der Waals surface area (Å²) in [5.74, 6) is -0.558. The van der Waals surface area contributed by atoms with Crippen LogP contribution in [0.5, 0.6) is 0 Å². The number of likely N-dealkylation sites (tertiary alicyclic amines) is 1. The number of carbonyl (C=O) groups is 3. The highest BCUT2D eigenvalue weighted by molar-refractivity contribution is 6.71. The fraction of sp³-hybridized carbons (Fsp3) is 0.516. The molecule has 9 nitrogen and oxygen atoms in total. The lowest BCUT2D eigenvalue weighted by molar-refractivity contribution is -0.150. The molecule has 4 aliphatic rings. The van der Waals surface area contributed by atoms with Crippen LogP contribution in [0.25, 0.3) is 0 Å². The maximum Gasteiger partial charge on any atom is 0.264 e. The number of aliphatic hydroxyl groups excluding tert-OH is 1. The average molecular weight is 578 g/mol. The predicted molar refractivity (Wildman–Crippen MR) is 157 cm³/mol. The second-order valence-corrected chi connectivity index (χ2v) is 16.5. The van der Waals surface area contributed by atoms with Crippen LogP contribution in [0.1, 0.15) is 43.7 Å². The number of nitrogens with zero attached hydrogens (tertiary/aromatic N) is 3.